The number of imide groups is 1. The molecule has 150 valence electrons. The molecule has 0 aromatic heterocycles. The Labute approximate surface area is 164 Å². The first kappa shape index (κ1) is 18.9. The van der Waals surface area contributed by atoms with Crippen molar-refractivity contribution in [2.24, 2.45) is 5.92 Å². The molecule has 0 bridgehead atoms. The predicted octanol–water partition coefficient (Wildman–Crippen LogP) is 3.00. The number of hydrogen-bond acceptors (Lipinski definition) is 3. The molecule has 1 aliphatic carbocycles. The van der Waals surface area contributed by atoms with E-state index in [0.717, 1.165) is 36.1 Å². The zero-order valence-electron chi connectivity index (χ0n) is 16.2. The fraction of sp³-hybridized carbons (Fsp3) is 0.571. The van der Waals surface area contributed by atoms with E-state index in [-0.39, 0.29) is 24.2 Å². The quantitative estimate of drug-likeness (QED) is 0.811. The molecule has 0 atom stereocenters. The third-order valence-electron chi connectivity index (χ3n) is 6.54. The Balaban J connectivity index is 1.49. The summed E-state index contributed by atoms with van der Waals surface area (Å²) < 4.78 is 13.5. The Kier molecular flexibility index (Phi) is 4.85. The van der Waals surface area contributed by atoms with Gasteiger partial charge in [0, 0.05) is 12.2 Å². The van der Waals surface area contributed by atoms with Crippen LogP contribution in [0.15, 0.2) is 18.2 Å². The highest BCUT2D eigenvalue weighted by molar-refractivity contribution is 6.10. The molecule has 0 unspecified atom stereocenters. The minimum Gasteiger partial charge on any atom is -0.323 e. The zero-order chi connectivity index (χ0) is 19.9. The van der Waals surface area contributed by atoms with Crippen LogP contribution in [0.25, 0.3) is 0 Å². The lowest BCUT2D eigenvalue weighted by Crippen LogP contribution is -2.50. The van der Waals surface area contributed by atoms with Crippen molar-refractivity contribution in [3.63, 3.8) is 0 Å². The van der Waals surface area contributed by atoms with Crippen LogP contribution in [0, 0.1) is 11.7 Å². The van der Waals surface area contributed by atoms with E-state index in [4.69, 9.17) is 0 Å². The Morgan fingerprint density at radius 3 is 2.75 bits per heavy atom. The molecule has 28 heavy (non-hydrogen) atoms. The minimum absolute atomic E-state index is 0.277. The molecular formula is C21H26FN3O3. The third kappa shape index (κ3) is 3.16. The number of fused-ring (bicyclic) bond motifs is 1. The van der Waals surface area contributed by atoms with Crippen molar-refractivity contribution in [1.82, 2.24) is 10.2 Å². The van der Waals surface area contributed by atoms with E-state index in [2.05, 4.69) is 12.2 Å². The maximum absolute atomic E-state index is 13.5. The summed E-state index contributed by atoms with van der Waals surface area (Å²) in [6, 6.07) is 3.90. The summed E-state index contributed by atoms with van der Waals surface area (Å²) in [5, 5.41) is 2.87. The van der Waals surface area contributed by atoms with Gasteiger partial charge in [-0.3, -0.25) is 14.5 Å². The molecule has 3 aliphatic rings. The van der Waals surface area contributed by atoms with Crippen LogP contribution in [0.5, 0.6) is 0 Å². The van der Waals surface area contributed by atoms with Crippen molar-refractivity contribution in [2.75, 3.05) is 18.0 Å². The van der Waals surface area contributed by atoms with Gasteiger partial charge in [-0.15, -0.1) is 0 Å². The lowest BCUT2D eigenvalue weighted by molar-refractivity contribution is -0.135. The van der Waals surface area contributed by atoms with Crippen LogP contribution in [-0.4, -0.2) is 41.4 Å². The molecule has 1 N–H and O–H groups in total. The summed E-state index contributed by atoms with van der Waals surface area (Å²) in [5.74, 6) is -0.324. The predicted molar refractivity (Wildman–Crippen MR) is 102 cm³/mol. The highest BCUT2D eigenvalue weighted by Crippen LogP contribution is 2.37. The van der Waals surface area contributed by atoms with E-state index in [1.807, 2.05) is 0 Å². The van der Waals surface area contributed by atoms with Crippen molar-refractivity contribution >= 4 is 23.5 Å². The first-order valence-electron chi connectivity index (χ1n) is 10.2. The normalized spacial score (nSPS) is 27.1. The van der Waals surface area contributed by atoms with Crippen LogP contribution in [0.3, 0.4) is 0 Å². The van der Waals surface area contributed by atoms with Gasteiger partial charge in [-0.25, -0.2) is 9.18 Å². The number of nitrogens with one attached hydrogen (secondary N) is 1. The maximum Gasteiger partial charge on any atom is 0.325 e. The first-order valence-corrected chi connectivity index (χ1v) is 10.2. The van der Waals surface area contributed by atoms with Gasteiger partial charge in [0.05, 0.1) is 0 Å². The molecule has 4 rings (SSSR count). The van der Waals surface area contributed by atoms with Crippen LogP contribution in [0.4, 0.5) is 14.9 Å². The lowest BCUT2D eigenvalue weighted by atomic mass is 9.75. The van der Waals surface area contributed by atoms with Gasteiger partial charge in [-0.1, -0.05) is 13.3 Å². The van der Waals surface area contributed by atoms with Crippen molar-refractivity contribution < 1.29 is 18.8 Å². The van der Waals surface area contributed by atoms with Gasteiger partial charge in [0.25, 0.3) is 5.91 Å². The lowest BCUT2D eigenvalue weighted by Gasteiger charge is -2.34. The fourth-order valence-electron chi connectivity index (χ4n) is 4.78. The SMILES string of the molecule is CCC1CCC2(CC1)NC(=O)N(CC(=O)N1CCCc3cc(F)ccc31)C2=O. The molecule has 2 fully saturated rings. The molecule has 2 heterocycles. The topological polar surface area (TPSA) is 69.7 Å². The van der Waals surface area contributed by atoms with Gasteiger partial charge in [0.15, 0.2) is 0 Å². The van der Waals surface area contributed by atoms with Crippen molar-refractivity contribution in [1.29, 1.82) is 0 Å². The van der Waals surface area contributed by atoms with Crippen molar-refractivity contribution in [3.05, 3.63) is 29.6 Å². The molecule has 7 heteroatoms. The number of rotatable bonds is 3. The standard InChI is InChI=1S/C21H26FN3O3/c1-2-14-7-9-21(10-8-14)19(27)25(20(28)23-21)13-18(26)24-11-3-4-15-12-16(22)5-6-17(15)24/h5-6,12,14H,2-4,7-11,13H2,1H3,(H,23,28). The van der Waals surface area contributed by atoms with Gasteiger partial charge in [0.1, 0.15) is 17.9 Å². The second kappa shape index (κ2) is 7.18. The molecule has 0 radical (unpaired) electrons. The maximum atomic E-state index is 13.5. The van der Waals surface area contributed by atoms with Gasteiger partial charge in [0.2, 0.25) is 5.91 Å². The fourth-order valence-corrected chi connectivity index (χ4v) is 4.78. The Hall–Kier alpha value is -2.44. The van der Waals surface area contributed by atoms with E-state index >= 15 is 0 Å². The largest absolute Gasteiger partial charge is 0.325 e. The van der Waals surface area contributed by atoms with E-state index in [1.54, 1.807) is 11.0 Å². The van der Waals surface area contributed by atoms with Gasteiger partial charge < -0.3 is 10.2 Å². The van der Waals surface area contributed by atoms with E-state index < -0.39 is 11.6 Å². The molecular weight excluding hydrogens is 361 g/mol. The number of hydrogen-bond donors (Lipinski definition) is 1. The Bertz CT molecular complexity index is 817. The second-order valence-corrected chi connectivity index (χ2v) is 8.18. The van der Waals surface area contributed by atoms with Crippen LogP contribution in [0.2, 0.25) is 0 Å². The Morgan fingerprint density at radius 1 is 1.29 bits per heavy atom. The number of amides is 4. The molecule has 1 saturated heterocycles. The number of carbonyl (C=O) groups excluding carboxylic acids is 3. The number of benzene rings is 1. The van der Waals surface area contributed by atoms with Crippen LogP contribution >= 0.6 is 0 Å². The molecule has 1 saturated carbocycles. The molecule has 6 nitrogen and oxygen atoms in total. The number of nitrogens with zero attached hydrogens (tertiary/aromatic N) is 2. The van der Waals surface area contributed by atoms with E-state index in [0.29, 0.717) is 37.4 Å². The average molecular weight is 387 g/mol. The van der Waals surface area contributed by atoms with Gasteiger partial charge in [-0.05, 0) is 68.2 Å². The van der Waals surface area contributed by atoms with Crippen molar-refractivity contribution in [3.8, 4) is 0 Å². The van der Waals surface area contributed by atoms with E-state index in [1.165, 1.54) is 12.1 Å². The number of anilines is 1. The van der Waals surface area contributed by atoms with Crippen LogP contribution < -0.4 is 10.2 Å². The summed E-state index contributed by atoms with van der Waals surface area (Å²) >= 11 is 0. The second-order valence-electron chi connectivity index (χ2n) is 8.18. The minimum atomic E-state index is -0.841. The van der Waals surface area contributed by atoms with Gasteiger partial charge in [-0.2, -0.15) is 0 Å². The smallest absolute Gasteiger partial charge is 0.323 e. The average Bonchev–Trinajstić information content (AvgIpc) is 2.92. The number of urea groups is 1. The van der Waals surface area contributed by atoms with Gasteiger partial charge >= 0.3 is 6.03 Å². The Morgan fingerprint density at radius 2 is 2.04 bits per heavy atom. The molecule has 4 amide bonds. The molecule has 1 spiro atoms. The van der Waals surface area contributed by atoms with E-state index in [9.17, 15) is 18.8 Å². The summed E-state index contributed by atoms with van der Waals surface area (Å²) in [4.78, 5) is 41.1. The monoisotopic (exact) mass is 387 g/mol. The third-order valence-corrected chi connectivity index (χ3v) is 6.54. The number of halogens is 1. The number of aryl methyl sites for hydroxylation is 1. The summed E-state index contributed by atoms with van der Waals surface area (Å²) in [6.07, 6.45) is 5.60. The molecule has 2 aliphatic heterocycles. The summed E-state index contributed by atoms with van der Waals surface area (Å²) in [7, 11) is 0. The zero-order valence-corrected chi connectivity index (χ0v) is 16.2. The van der Waals surface area contributed by atoms with Crippen molar-refractivity contribution in [2.45, 2.75) is 57.4 Å². The van der Waals surface area contributed by atoms with Crippen LogP contribution in [0.1, 0.15) is 51.0 Å². The highest BCUT2D eigenvalue weighted by Gasteiger charge is 2.52. The summed E-state index contributed by atoms with van der Waals surface area (Å²) in [6.45, 7) is 2.37. The van der Waals surface area contributed by atoms with Crippen LogP contribution in [-0.2, 0) is 16.0 Å². The first-order chi connectivity index (χ1) is 13.4. The molecule has 1 aromatic carbocycles. The summed E-state index contributed by atoms with van der Waals surface area (Å²) in [5.41, 5.74) is 0.612. The highest BCUT2D eigenvalue weighted by atomic mass is 19.1. The number of carbonyl (C=O) groups is 3. The molecule has 1 aromatic rings.